The summed E-state index contributed by atoms with van der Waals surface area (Å²) in [6.45, 7) is 6.72. The van der Waals surface area contributed by atoms with E-state index in [1.807, 2.05) is 20.8 Å². The monoisotopic (exact) mass is 301 g/mol. The summed E-state index contributed by atoms with van der Waals surface area (Å²) in [5.41, 5.74) is 0.963. The summed E-state index contributed by atoms with van der Waals surface area (Å²) >= 11 is 0. The van der Waals surface area contributed by atoms with E-state index >= 15 is 0 Å². The Hall–Kier alpha value is -2.84. The number of fused-ring (bicyclic) bond motifs is 3. The molecule has 0 saturated heterocycles. The first kappa shape index (κ1) is 14.1. The van der Waals surface area contributed by atoms with Crippen molar-refractivity contribution in [1.82, 2.24) is 25.0 Å². The van der Waals surface area contributed by atoms with Crippen molar-refractivity contribution >= 4 is 27.9 Å². The fourth-order valence-electron chi connectivity index (χ4n) is 2.21. The van der Waals surface area contributed by atoms with Gasteiger partial charge < -0.3 is 5.32 Å². The molecule has 3 aromatic rings. The summed E-state index contributed by atoms with van der Waals surface area (Å²) in [4.78, 5) is 15.1. The second-order valence-electron chi connectivity index (χ2n) is 6.20. The molecule has 3 rings (SSSR count). The molecular formula is C13H15N7O2. The van der Waals surface area contributed by atoms with Gasteiger partial charge in [0.25, 0.3) is 5.65 Å². The van der Waals surface area contributed by atoms with Crippen LogP contribution < -0.4 is 5.32 Å². The number of hydrogen-bond donors (Lipinski definition) is 1. The van der Waals surface area contributed by atoms with Gasteiger partial charge in [0.1, 0.15) is 5.69 Å². The summed E-state index contributed by atoms with van der Waals surface area (Å²) in [5, 5.41) is 26.5. The van der Waals surface area contributed by atoms with E-state index in [0.29, 0.717) is 23.1 Å². The Labute approximate surface area is 125 Å². The topological polar surface area (TPSA) is 111 Å². The lowest BCUT2D eigenvalue weighted by molar-refractivity contribution is -0.382. The Morgan fingerprint density at radius 2 is 2.18 bits per heavy atom. The zero-order valence-electron chi connectivity index (χ0n) is 12.4. The van der Waals surface area contributed by atoms with Crippen LogP contribution in [-0.2, 0) is 0 Å². The van der Waals surface area contributed by atoms with Gasteiger partial charge in [-0.2, -0.15) is 4.52 Å². The molecule has 0 radical (unpaired) electrons. The molecule has 0 aliphatic heterocycles. The molecule has 0 saturated carbocycles. The molecule has 9 heteroatoms. The average Bonchev–Trinajstić information content (AvgIpc) is 2.92. The molecule has 0 aliphatic carbocycles. The van der Waals surface area contributed by atoms with Crippen LogP contribution in [0, 0.1) is 15.5 Å². The molecule has 0 fully saturated rings. The summed E-state index contributed by atoms with van der Waals surface area (Å²) < 4.78 is 1.34. The smallest absolute Gasteiger partial charge is 0.339 e. The van der Waals surface area contributed by atoms with Crippen molar-refractivity contribution in [3.63, 3.8) is 0 Å². The molecule has 9 nitrogen and oxygen atoms in total. The maximum absolute atomic E-state index is 11.5. The summed E-state index contributed by atoms with van der Waals surface area (Å²) in [5.74, 6) is 0. The standard InChI is InChI=1S/C13H15N7O2/c1-13(2,3)7-15-10-8-4-5-14-6-9(8)19-12(16-17-18-19)11(10)20(21)22/h4-6,15H,7H2,1-3H3. The van der Waals surface area contributed by atoms with Gasteiger partial charge in [0.2, 0.25) is 0 Å². The third-order valence-corrected chi connectivity index (χ3v) is 3.19. The Morgan fingerprint density at radius 1 is 1.41 bits per heavy atom. The van der Waals surface area contributed by atoms with Crippen molar-refractivity contribution in [2.45, 2.75) is 20.8 Å². The Kier molecular flexibility index (Phi) is 3.12. The maximum Gasteiger partial charge on any atom is 0.339 e. The highest BCUT2D eigenvalue weighted by molar-refractivity contribution is 6.00. The van der Waals surface area contributed by atoms with E-state index in [-0.39, 0.29) is 16.7 Å². The molecule has 0 unspecified atom stereocenters. The largest absolute Gasteiger partial charge is 0.378 e. The van der Waals surface area contributed by atoms with Crippen molar-refractivity contribution in [2.75, 3.05) is 11.9 Å². The van der Waals surface area contributed by atoms with Crippen LogP contribution in [0.15, 0.2) is 18.5 Å². The Morgan fingerprint density at radius 3 is 2.86 bits per heavy atom. The van der Waals surface area contributed by atoms with Crippen molar-refractivity contribution in [1.29, 1.82) is 0 Å². The van der Waals surface area contributed by atoms with Crippen LogP contribution in [-0.4, -0.2) is 36.5 Å². The highest BCUT2D eigenvalue weighted by Gasteiger charge is 2.27. The minimum atomic E-state index is -0.462. The molecule has 0 aromatic carbocycles. The third-order valence-electron chi connectivity index (χ3n) is 3.19. The Balaban J connectivity index is 2.33. The normalized spacial score (nSPS) is 12.0. The fourth-order valence-corrected chi connectivity index (χ4v) is 2.21. The maximum atomic E-state index is 11.5. The highest BCUT2D eigenvalue weighted by atomic mass is 16.6. The van der Waals surface area contributed by atoms with Crippen LogP contribution in [0.2, 0.25) is 0 Å². The van der Waals surface area contributed by atoms with E-state index in [0.717, 1.165) is 0 Å². The number of hydrogen-bond acceptors (Lipinski definition) is 7. The molecule has 114 valence electrons. The quantitative estimate of drug-likeness (QED) is 0.582. The molecule has 22 heavy (non-hydrogen) atoms. The van der Waals surface area contributed by atoms with Crippen LogP contribution >= 0.6 is 0 Å². The van der Waals surface area contributed by atoms with Crippen LogP contribution in [0.3, 0.4) is 0 Å². The lowest BCUT2D eigenvalue weighted by atomic mass is 9.96. The van der Waals surface area contributed by atoms with Gasteiger partial charge in [0, 0.05) is 18.1 Å². The predicted octanol–water partition coefficient (Wildman–Crippen LogP) is 2.04. The molecule has 0 amide bonds. The van der Waals surface area contributed by atoms with Crippen molar-refractivity contribution in [3.05, 3.63) is 28.6 Å². The fraction of sp³-hybridized carbons (Fsp3) is 0.385. The van der Waals surface area contributed by atoms with E-state index in [4.69, 9.17) is 0 Å². The van der Waals surface area contributed by atoms with E-state index in [1.165, 1.54) is 4.52 Å². The minimum absolute atomic E-state index is 0.0364. The Bertz CT molecular complexity index is 866. The third kappa shape index (κ3) is 2.30. The van der Waals surface area contributed by atoms with E-state index in [1.54, 1.807) is 18.5 Å². The molecule has 0 aliphatic rings. The zero-order chi connectivity index (χ0) is 15.9. The lowest BCUT2D eigenvalue weighted by Crippen LogP contribution is -2.20. The predicted molar refractivity (Wildman–Crippen MR) is 80.7 cm³/mol. The van der Waals surface area contributed by atoms with Crippen LogP contribution in [0.4, 0.5) is 11.4 Å². The highest BCUT2D eigenvalue weighted by Crippen LogP contribution is 2.36. The SMILES string of the molecule is CC(C)(C)CNc1c([N+](=O)[O-])c2nnnn2c2cnccc12. The van der Waals surface area contributed by atoms with Crippen molar-refractivity contribution in [2.24, 2.45) is 5.41 Å². The number of aromatic nitrogens is 5. The lowest BCUT2D eigenvalue weighted by Gasteiger charge is -2.20. The van der Waals surface area contributed by atoms with Gasteiger partial charge in [0.05, 0.1) is 16.6 Å². The average molecular weight is 301 g/mol. The van der Waals surface area contributed by atoms with Gasteiger partial charge in [-0.05, 0) is 21.9 Å². The van der Waals surface area contributed by atoms with Gasteiger partial charge >= 0.3 is 5.69 Å². The van der Waals surface area contributed by atoms with Gasteiger partial charge in [-0.3, -0.25) is 15.1 Å². The molecule has 3 aromatic heterocycles. The number of tetrazole rings is 1. The van der Waals surface area contributed by atoms with Gasteiger partial charge in [-0.1, -0.05) is 20.8 Å². The van der Waals surface area contributed by atoms with E-state index < -0.39 is 4.92 Å². The molecule has 0 spiro atoms. The van der Waals surface area contributed by atoms with Crippen LogP contribution in [0.25, 0.3) is 16.6 Å². The number of pyridine rings is 2. The van der Waals surface area contributed by atoms with Crippen molar-refractivity contribution in [3.8, 4) is 0 Å². The molecule has 1 N–H and O–H groups in total. The number of nitro groups is 1. The first-order valence-electron chi connectivity index (χ1n) is 6.74. The molecule has 0 bridgehead atoms. The number of anilines is 1. The van der Waals surface area contributed by atoms with Crippen LogP contribution in [0.1, 0.15) is 20.8 Å². The second-order valence-corrected chi connectivity index (χ2v) is 6.20. The molecule has 3 heterocycles. The van der Waals surface area contributed by atoms with E-state index in [9.17, 15) is 10.1 Å². The summed E-state index contributed by atoms with van der Waals surface area (Å²) in [6, 6.07) is 1.72. The van der Waals surface area contributed by atoms with Crippen molar-refractivity contribution < 1.29 is 4.92 Å². The summed E-state index contributed by atoms with van der Waals surface area (Å²) in [7, 11) is 0. The molecule has 0 atom stereocenters. The van der Waals surface area contributed by atoms with Gasteiger partial charge in [-0.15, -0.1) is 5.10 Å². The first-order chi connectivity index (χ1) is 10.4. The van der Waals surface area contributed by atoms with E-state index in [2.05, 4.69) is 25.8 Å². The first-order valence-corrected chi connectivity index (χ1v) is 6.74. The van der Waals surface area contributed by atoms with Gasteiger partial charge in [-0.25, -0.2) is 0 Å². The number of nitrogens with zero attached hydrogens (tertiary/aromatic N) is 6. The number of nitrogens with one attached hydrogen (secondary N) is 1. The number of rotatable bonds is 3. The minimum Gasteiger partial charge on any atom is -0.378 e. The molecular weight excluding hydrogens is 286 g/mol. The second kappa shape index (κ2) is 4.86. The van der Waals surface area contributed by atoms with Crippen LogP contribution in [0.5, 0.6) is 0 Å². The zero-order valence-corrected chi connectivity index (χ0v) is 12.4. The van der Waals surface area contributed by atoms with Gasteiger partial charge in [0.15, 0.2) is 0 Å². The summed E-state index contributed by atoms with van der Waals surface area (Å²) in [6.07, 6.45) is 3.18.